The molecule has 1 saturated heterocycles. The molecule has 2 aromatic rings. The zero-order valence-electron chi connectivity index (χ0n) is 14.8. The summed E-state index contributed by atoms with van der Waals surface area (Å²) in [6.45, 7) is 0.249. The van der Waals surface area contributed by atoms with Gasteiger partial charge in [-0.05, 0) is 30.7 Å². The predicted molar refractivity (Wildman–Crippen MR) is 98.8 cm³/mol. The number of nitrogens with zero attached hydrogens (tertiary/aromatic N) is 3. The number of carbonyl (C=O) groups is 2. The molecule has 142 valence electrons. The van der Waals surface area contributed by atoms with Crippen molar-refractivity contribution in [3.8, 4) is 0 Å². The van der Waals surface area contributed by atoms with Gasteiger partial charge in [0, 0.05) is 19.3 Å². The average Bonchev–Trinajstić information content (AvgIpc) is 3.05. The molecule has 0 saturated carbocycles. The maximum absolute atomic E-state index is 12.6. The first-order valence-corrected chi connectivity index (χ1v) is 10.3. The van der Waals surface area contributed by atoms with Crippen LogP contribution in [0, 0.1) is 0 Å². The van der Waals surface area contributed by atoms with E-state index >= 15 is 0 Å². The van der Waals surface area contributed by atoms with Gasteiger partial charge < -0.3 is 10.2 Å². The molecule has 3 rings (SSSR count). The molecule has 3 heterocycles. The van der Waals surface area contributed by atoms with Gasteiger partial charge in [0.2, 0.25) is 0 Å². The number of aromatic nitrogens is 2. The first-order valence-electron chi connectivity index (χ1n) is 8.48. The van der Waals surface area contributed by atoms with E-state index in [-0.39, 0.29) is 35.5 Å². The third-order valence-corrected chi connectivity index (χ3v) is 6.18. The van der Waals surface area contributed by atoms with Crippen molar-refractivity contribution in [2.75, 3.05) is 18.6 Å². The van der Waals surface area contributed by atoms with Gasteiger partial charge in [0.25, 0.3) is 11.8 Å². The number of pyridine rings is 2. The van der Waals surface area contributed by atoms with Gasteiger partial charge in [-0.25, -0.2) is 13.4 Å². The summed E-state index contributed by atoms with van der Waals surface area (Å²) in [5, 5.41) is 2.71. The second-order valence-electron chi connectivity index (χ2n) is 6.38. The van der Waals surface area contributed by atoms with Gasteiger partial charge in [-0.2, -0.15) is 0 Å². The minimum Gasteiger partial charge on any atom is -0.345 e. The van der Waals surface area contributed by atoms with Crippen LogP contribution in [0.25, 0.3) is 0 Å². The highest BCUT2D eigenvalue weighted by atomic mass is 32.2. The first kappa shape index (κ1) is 19.0. The molecule has 1 atom stereocenters. The lowest BCUT2D eigenvalue weighted by Crippen LogP contribution is -2.38. The van der Waals surface area contributed by atoms with Crippen LogP contribution < -0.4 is 5.32 Å². The Morgan fingerprint density at radius 1 is 1.19 bits per heavy atom. The van der Waals surface area contributed by atoms with Crippen molar-refractivity contribution in [1.82, 2.24) is 20.2 Å². The topological polar surface area (TPSA) is 109 Å². The highest BCUT2D eigenvalue weighted by molar-refractivity contribution is 7.91. The Kier molecular flexibility index (Phi) is 5.50. The van der Waals surface area contributed by atoms with E-state index < -0.39 is 21.7 Å². The zero-order valence-corrected chi connectivity index (χ0v) is 15.6. The third kappa shape index (κ3) is 4.68. The van der Waals surface area contributed by atoms with Crippen molar-refractivity contribution in [1.29, 1.82) is 0 Å². The Balaban J connectivity index is 1.67. The lowest BCUT2D eigenvalue weighted by Gasteiger charge is -2.23. The number of hydrogen-bond donors (Lipinski definition) is 1. The van der Waals surface area contributed by atoms with Crippen molar-refractivity contribution < 1.29 is 18.0 Å². The van der Waals surface area contributed by atoms with Crippen LogP contribution in [0.5, 0.6) is 0 Å². The molecule has 1 N–H and O–H groups in total. The number of sulfone groups is 1. The normalized spacial score (nSPS) is 18.0. The second-order valence-corrected chi connectivity index (χ2v) is 8.61. The fourth-order valence-electron chi connectivity index (χ4n) is 2.87. The monoisotopic (exact) mass is 388 g/mol. The molecule has 0 aliphatic carbocycles. The van der Waals surface area contributed by atoms with Crippen molar-refractivity contribution in [2.24, 2.45) is 0 Å². The van der Waals surface area contributed by atoms with Gasteiger partial charge in [0.05, 0.1) is 23.7 Å². The van der Waals surface area contributed by atoms with Crippen LogP contribution in [-0.4, -0.2) is 59.7 Å². The standard InChI is InChI=1S/C18H20N4O4S/c1-22(14-8-10-27(25,26)12-14)18(24)16-7-4-6-15(21-16)17(23)20-11-13-5-2-3-9-19-13/h2-7,9,14H,8,10-12H2,1H3,(H,20,23). The lowest BCUT2D eigenvalue weighted by molar-refractivity contribution is 0.0741. The van der Waals surface area contributed by atoms with Crippen molar-refractivity contribution in [3.63, 3.8) is 0 Å². The summed E-state index contributed by atoms with van der Waals surface area (Å²) in [7, 11) is -1.54. The molecule has 2 amide bonds. The van der Waals surface area contributed by atoms with E-state index in [9.17, 15) is 18.0 Å². The molecule has 2 aromatic heterocycles. The van der Waals surface area contributed by atoms with E-state index in [2.05, 4.69) is 15.3 Å². The van der Waals surface area contributed by atoms with E-state index in [1.807, 2.05) is 6.07 Å². The van der Waals surface area contributed by atoms with Crippen LogP contribution in [0.2, 0.25) is 0 Å². The summed E-state index contributed by atoms with van der Waals surface area (Å²) in [4.78, 5) is 34.6. The van der Waals surface area contributed by atoms with Gasteiger partial charge in [-0.3, -0.25) is 14.6 Å². The van der Waals surface area contributed by atoms with Gasteiger partial charge in [0.15, 0.2) is 9.84 Å². The van der Waals surface area contributed by atoms with Crippen LogP contribution in [-0.2, 0) is 16.4 Å². The van der Waals surface area contributed by atoms with Gasteiger partial charge in [0.1, 0.15) is 11.4 Å². The number of hydrogen-bond acceptors (Lipinski definition) is 6. The highest BCUT2D eigenvalue weighted by Crippen LogP contribution is 2.18. The van der Waals surface area contributed by atoms with Crippen molar-refractivity contribution in [2.45, 2.75) is 19.0 Å². The minimum absolute atomic E-state index is 0.0422. The summed E-state index contributed by atoms with van der Waals surface area (Å²) in [6, 6.07) is 9.64. The Morgan fingerprint density at radius 3 is 2.63 bits per heavy atom. The molecule has 0 spiro atoms. The maximum Gasteiger partial charge on any atom is 0.272 e. The SMILES string of the molecule is CN(C(=O)c1cccc(C(=O)NCc2ccccn2)n1)C1CCS(=O)(=O)C1. The maximum atomic E-state index is 12.6. The zero-order chi connectivity index (χ0) is 19.4. The van der Waals surface area contributed by atoms with Crippen LogP contribution in [0.4, 0.5) is 0 Å². The average molecular weight is 388 g/mol. The number of carbonyl (C=O) groups excluding carboxylic acids is 2. The Morgan fingerprint density at radius 2 is 1.96 bits per heavy atom. The van der Waals surface area contributed by atoms with E-state index in [1.165, 1.54) is 17.0 Å². The third-order valence-electron chi connectivity index (χ3n) is 4.43. The molecule has 1 unspecified atom stereocenters. The van der Waals surface area contributed by atoms with Crippen molar-refractivity contribution >= 4 is 21.7 Å². The molecule has 0 bridgehead atoms. The van der Waals surface area contributed by atoms with Crippen LogP contribution in [0.3, 0.4) is 0 Å². The van der Waals surface area contributed by atoms with E-state index in [0.717, 1.165) is 0 Å². The van der Waals surface area contributed by atoms with E-state index in [0.29, 0.717) is 12.1 Å². The molecule has 0 aromatic carbocycles. The van der Waals surface area contributed by atoms with Gasteiger partial charge >= 0.3 is 0 Å². The molecular formula is C18H20N4O4S. The minimum atomic E-state index is -3.10. The Labute approximate surface area is 157 Å². The fraction of sp³-hybridized carbons (Fsp3) is 0.333. The molecule has 1 aliphatic rings. The smallest absolute Gasteiger partial charge is 0.272 e. The van der Waals surface area contributed by atoms with E-state index in [4.69, 9.17) is 0 Å². The molecule has 0 radical (unpaired) electrons. The molecule has 8 nitrogen and oxygen atoms in total. The van der Waals surface area contributed by atoms with Crippen LogP contribution in [0.1, 0.15) is 33.1 Å². The molecule has 9 heteroatoms. The largest absolute Gasteiger partial charge is 0.345 e. The number of rotatable bonds is 5. The molecule has 1 aliphatic heterocycles. The summed E-state index contributed by atoms with van der Waals surface area (Å²) in [5.41, 5.74) is 0.928. The van der Waals surface area contributed by atoms with Gasteiger partial charge in [-0.1, -0.05) is 12.1 Å². The van der Waals surface area contributed by atoms with Crippen LogP contribution >= 0.6 is 0 Å². The number of nitrogens with one attached hydrogen (secondary N) is 1. The quantitative estimate of drug-likeness (QED) is 0.806. The van der Waals surface area contributed by atoms with Crippen LogP contribution in [0.15, 0.2) is 42.6 Å². The summed E-state index contributed by atoms with van der Waals surface area (Å²) in [5.74, 6) is -0.782. The van der Waals surface area contributed by atoms with Gasteiger partial charge in [-0.15, -0.1) is 0 Å². The lowest BCUT2D eigenvalue weighted by atomic mass is 10.2. The fourth-order valence-corrected chi connectivity index (χ4v) is 4.65. The second kappa shape index (κ2) is 7.83. The van der Waals surface area contributed by atoms with E-state index in [1.54, 1.807) is 31.4 Å². The molecule has 1 fully saturated rings. The molecule has 27 heavy (non-hydrogen) atoms. The molecular weight excluding hydrogens is 368 g/mol. The summed E-state index contributed by atoms with van der Waals surface area (Å²) >= 11 is 0. The van der Waals surface area contributed by atoms with Crippen molar-refractivity contribution in [3.05, 3.63) is 59.7 Å². The first-order chi connectivity index (χ1) is 12.9. The number of amides is 2. The highest BCUT2D eigenvalue weighted by Gasteiger charge is 2.33. The Bertz CT molecular complexity index is 947. The Hall–Kier alpha value is -2.81. The predicted octanol–water partition coefficient (Wildman–Crippen LogP) is 0.666. The summed E-state index contributed by atoms with van der Waals surface area (Å²) < 4.78 is 23.3. The summed E-state index contributed by atoms with van der Waals surface area (Å²) in [6.07, 6.45) is 2.05.